The molecule has 0 amide bonds. The highest BCUT2D eigenvalue weighted by Crippen LogP contribution is 2.39. The fraction of sp³-hybridized carbons (Fsp3) is 0.600. The van der Waals surface area contributed by atoms with Gasteiger partial charge in [0.2, 0.25) is 0 Å². The second-order valence-corrected chi connectivity index (χ2v) is 5.53. The van der Waals surface area contributed by atoms with E-state index in [-0.39, 0.29) is 11.7 Å². The first-order chi connectivity index (χ1) is 8.08. The molecule has 0 radical (unpaired) electrons. The lowest BCUT2D eigenvalue weighted by molar-refractivity contribution is 0.0559. The Balaban J connectivity index is 2.07. The van der Waals surface area contributed by atoms with E-state index in [9.17, 15) is 9.50 Å². The summed E-state index contributed by atoms with van der Waals surface area (Å²) in [5.74, 6) is 1.41. The summed E-state index contributed by atoms with van der Waals surface area (Å²) in [6.07, 6.45) is 2.74. The molecular formula is C15H21FO. The molecule has 1 nitrogen and oxygen atoms in total. The van der Waals surface area contributed by atoms with Gasteiger partial charge in [0.05, 0.1) is 6.10 Å². The maximum absolute atomic E-state index is 13.1. The van der Waals surface area contributed by atoms with E-state index in [2.05, 4.69) is 13.8 Å². The number of aliphatic hydroxyl groups excluding tert-OH is 1. The molecule has 0 heterocycles. The molecule has 94 valence electrons. The lowest BCUT2D eigenvalue weighted by Gasteiger charge is -2.34. The standard InChI is InChI=1S/C15H21FO/c1-10-6-7-13(8-11(10)2)15(17)12-4-3-5-14(16)9-12/h3-5,9-11,13,15,17H,6-8H2,1-2H3. The molecule has 0 bridgehead atoms. The monoisotopic (exact) mass is 236 g/mol. The molecule has 1 aromatic carbocycles. The Kier molecular flexibility index (Phi) is 3.82. The van der Waals surface area contributed by atoms with Crippen molar-refractivity contribution in [1.29, 1.82) is 0 Å². The Morgan fingerprint density at radius 1 is 1.24 bits per heavy atom. The number of hydrogen-bond acceptors (Lipinski definition) is 1. The Morgan fingerprint density at radius 3 is 2.65 bits per heavy atom. The number of benzene rings is 1. The van der Waals surface area contributed by atoms with Crippen molar-refractivity contribution < 1.29 is 9.50 Å². The largest absolute Gasteiger partial charge is 0.388 e. The van der Waals surface area contributed by atoms with Crippen molar-refractivity contribution in [3.8, 4) is 0 Å². The average molecular weight is 236 g/mol. The van der Waals surface area contributed by atoms with Crippen molar-refractivity contribution in [3.63, 3.8) is 0 Å². The van der Waals surface area contributed by atoms with Crippen molar-refractivity contribution in [2.75, 3.05) is 0 Å². The van der Waals surface area contributed by atoms with Gasteiger partial charge in [0.15, 0.2) is 0 Å². The molecule has 4 unspecified atom stereocenters. The van der Waals surface area contributed by atoms with E-state index in [1.54, 1.807) is 6.07 Å². The van der Waals surface area contributed by atoms with Gasteiger partial charge in [-0.3, -0.25) is 0 Å². The van der Waals surface area contributed by atoms with Gasteiger partial charge in [-0.1, -0.05) is 32.4 Å². The normalized spacial score (nSPS) is 31.2. The van der Waals surface area contributed by atoms with Gasteiger partial charge in [0, 0.05) is 0 Å². The zero-order valence-corrected chi connectivity index (χ0v) is 10.6. The van der Waals surface area contributed by atoms with Gasteiger partial charge in [-0.05, 0) is 48.3 Å². The average Bonchev–Trinajstić information content (AvgIpc) is 2.32. The minimum atomic E-state index is -0.513. The molecule has 1 aliphatic carbocycles. The van der Waals surface area contributed by atoms with Crippen molar-refractivity contribution in [1.82, 2.24) is 0 Å². The van der Waals surface area contributed by atoms with Gasteiger partial charge in [-0.2, -0.15) is 0 Å². The summed E-state index contributed by atoms with van der Waals surface area (Å²) in [5, 5.41) is 10.3. The van der Waals surface area contributed by atoms with Crippen LogP contribution in [0.2, 0.25) is 0 Å². The first-order valence-corrected chi connectivity index (χ1v) is 6.51. The first-order valence-electron chi connectivity index (χ1n) is 6.51. The van der Waals surface area contributed by atoms with Gasteiger partial charge < -0.3 is 5.11 Å². The number of rotatable bonds is 2. The predicted octanol–water partition coefficient (Wildman–Crippen LogP) is 3.93. The zero-order chi connectivity index (χ0) is 12.4. The van der Waals surface area contributed by atoms with Gasteiger partial charge in [-0.25, -0.2) is 4.39 Å². The van der Waals surface area contributed by atoms with Crippen LogP contribution in [-0.4, -0.2) is 5.11 Å². The van der Waals surface area contributed by atoms with Crippen LogP contribution in [-0.2, 0) is 0 Å². The minimum absolute atomic E-state index is 0.265. The molecule has 0 spiro atoms. The molecule has 2 rings (SSSR count). The van der Waals surface area contributed by atoms with Crippen molar-refractivity contribution >= 4 is 0 Å². The topological polar surface area (TPSA) is 20.2 Å². The van der Waals surface area contributed by atoms with Gasteiger partial charge in [-0.15, -0.1) is 0 Å². The van der Waals surface area contributed by atoms with Crippen molar-refractivity contribution in [2.24, 2.45) is 17.8 Å². The summed E-state index contributed by atoms with van der Waals surface area (Å²) >= 11 is 0. The van der Waals surface area contributed by atoms with Gasteiger partial charge >= 0.3 is 0 Å². The van der Waals surface area contributed by atoms with Crippen molar-refractivity contribution in [2.45, 2.75) is 39.2 Å². The van der Waals surface area contributed by atoms with Crippen LogP contribution in [0.3, 0.4) is 0 Å². The summed E-state index contributed by atoms with van der Waals surface area (Å²) in [6, 6.07) is 6.36. The lowest BCUT2D eigenvalue weighted by atomic mass is 9.73. The third-order valence-electron chi connectivity index (χ3n) is 4.28. The van der Waals surface area contributed by atoms with Crippen molar-refractivity contribution in [3.05, 3.63) is 35.6 Å². The molecule has 0 aromatic heterocycles. The molecule has 1 saturated carbocycles. The summed E-state index contributed by atoms with van der Waals surface area (Å²) < 4.78 is 13.1. The Bertz CT molecular complexity index is 377. The van der Waals surface area contributed by atoms with E-state index >= 15 is 0 Å². The molecule has 2 heteroatoms. The molecule has 0 aliphatic heterocycles. The van der Waals surface area contributed by atoms with E-state index in [0.717, 1.165) is 30.7 Å². The van der Waals surface area contributed by atoms with E-state index in [1.807, 2.05) is 6.07 Å². The number of halogens is 1. The SMILES string of the molecule is CC1CCC(C(O)c2cccc(F)c2)CC1C. The Morgan fingerprint density at radius 2 is 2.00 bits per heavy atom. The van der Waals surface area contributed by atoms with Crippen LogP contribution in [0.1, 0.15) is 44.8 Å². The summed E-state index contributed by atoms with van der Waals surface area (Å²) in [7, 11) is 0. The van der Waals surface area contributed by atoms with Gasteiger partial charge in [0.25, 0.3) is 0 Å². The summed E-state index contributed by atoms with van der Waals surface area (Å²) in [4.78, 5) is 0. The fourth-order valence-electron chi connectivity index (χ4n) is 2.84. The van der Waals surface area contributed by atoms with Crippen LogP contribution in [0.5, 0.6) is 0 Å². The van der Waals surface area contributed by atoms with E-state index in [0.29, 0.717) is 5.92 Å². The third kappa shape index (κ3) is 2.86. The highest BCUT2D eigenvalue weighted by molar-refractivity contribution is 5.19. The first kappa shape index (κ1) is 12.6. The third-order valence-corrected chi connectivity index (χ3v) is 4.28. The molecule has 1 aromatic rings. The highest BCUT2D eigenvalue weighted by Gasteiger charge is 2.29. The Hall–Kier alpha value is -0.890. The highest BCUT2D eigenvalue weighted by atomic mass is 19.1. The minimum Gasteiger partial charge on any atom is -0.388 e. The summed E-state index contributed by atoms with van der Waals surface area (Å²) in [6.45, 7) is 4.52. The molecule has 0 saturated heterocycles. The van der Waals surface area contributed by atoms with Crippen LogP contribution in [0.15, 0.2) is 24.3 Å². The summed E-state index contributed by atoms with van der Waals surface area (Å²) in [5.41, 5.74) is 0.719. The van der Waals surface area contributed by atoms with Gasteiger partial charge in [0.1, 0.15) is 5.82 Å². The molecule has 1 fully saturated rings. The number of aliphatic hydroxyl groups is 1. The molecule has 4 atom stereocenters. The van der Waals surface area contributed by atoms with Crippen LogP contribution >= 0.6 is 0 Å². The fourth-order valence-corrected chi connectivity index (χ4v) is 2.84. The zero-order valence-electron chi connectivity index (χ0n) is 10.6. The smallest absolute Gasteiger partial charge is 0.123 e. The Labute approximate surface area is 103 Å². The molecular weight excluding hydrogens is 215 g/mol. The van der Waals surface area contributed by atoms with Crippen LogP contribution in [0.4, 0.5) is 4.39 Å². The van der Waals surface area contributed by atoms with Crippen LogP contribution in [0.25, 0.3) is 0 Å². The lowest BCUT2D eigenvalue weighted by Crippen LogP contribution is -2.25. The van der Waals surface area contributed by atoms with Crippen LogP contribution < -0.4 is 0 Å². The number of hydrogen-bond donors (Lipinski definition) is 1. The second kappa shape index (κ2) is 5.18. The van der Waals surface area contributed by atoms with E-state index in [4.69, 9.17) is 0 Å². The predicted molar refractivity (Wildman–Crippen MR) is 67.0 cm³/mol. The van der Waals surface area contributed by atoms with Crippen LogP contribution in [0, 0.1) is 23.6 Å². The van der Waals surface area contributed by atoms with E-state index in [1.165, 1.54) is 12.1 Å². The molecule has 17 heavy (non-hydrogen) atoms. The second-order valence-electron chi connectivity index (χ2n) is 5.53. The molecule has 1 N–H and O–H groups in total. The quantitative estimate of drug-likeness (QED) is 0.824. The molecule has 1 aliphatic rings. The maximum atomic E-state index is 13.1. The maximum Gasteiger partial charge on any atom is 0.123 e. The van der Waals surface area contributed by atoms with E-state index < -0.39 is 6.10 Å².